The third-order valence-corrected chi connectivity index (χ3v) is 3.52. The molecule has 0 aliphatic heterocycles. The molecule has 2 atom stereocenters. The van der Waals surface area contributed by atoms with Crippen LogP contribution in [0.5, 0.6) is 0 Å². The van der Waals surface area contributed by atoms with Gasteiger partial charge in [0.25, 0.3) is 0 Å². The first kappa shape index (κ1) is 9.76. The lowest BCUT2D eigenvalue weighted by Crippen LogP contribution is -2.33. The second-order valence-electron chi connectivity index (χ2n) is 4.87. The minimum Gasteiger partial charge on any atom is -0.303 e. The van der Waals surface area contributed by atoms with Crippen LogP contribution in [0.4, 0.5) is 0 Å². The molecule has 0 bridgehead atoms. The van der Waals surface area contributed by atoms with Gasteiger partial charge >= 0.3 is 0 Å². The van der Waals surface area contributed by atoms with Crippen molar-refractivity contribution in [2.45, 2.75) is 46.5 Å². The van der Waals surface area contributed by atoms with E-state index < -0.39 is 0 Å². The molecule has 0 aromatic rings. The van der Waals surface area contributed by atoms with Crippen LogP contribution < -0.4 is 0 Å². The van der Waals surface area contributed by atoms with Gasteiger partial charge in [0, 0.05) is 6.42 Å². The Labute approximate surface area is 75.5 Å². The van der Waals surface area contributed by atoms with Crippen LogP contribution in [0.15, 0.2) is 0 Å². The summed E-state index contributed by atoms with van der Waals surface area (Å²) in [6.07, 6.45) is 5.78. The summed E-state index contributed by atoms with van der Waals surface area (Å²) in [5, 5.41) is 0. The van der Waals surface area contributed by atoms with Gasteiger partial charge in [-0.05, 0) is 23.7 Å². The van der Waals surface area contributed by atoms with Gasteiger partial charge in [0.15, 0.2) is 0 Å². The molecule has 0 saturated heterocycles. The lowest BCUT2D eigenvalue weighted by Gasteiger charge is -2.42. The van der Waals surface area contributed by atoms with Gasteiger partial charge in [-0.25, -0.2) is 0 Å². The monoisotopic (exact) mass is 168 g/mol. The number of hydrogen-bond donors (Lipinski definition) is 0. The highest BCUT2D eigenvalue weighted by Gasteiger charge is 2.35. The molecule has 1 aliphatic rings. The maximum atomic E-state index is 10.5. The number of rotatable bonds is 2. The molecule has 1 aliphatic carbocycles. The number of hydrogen-bond acceptors (Lipinski definition) is 1. The van der Waals surface area contributed by atoms with E-state index in [-0.39, 0.29) is 0 Å². The van der Waals surface area contributed by atoms with Gasteiger partial charge in [-0.2, -0.15) is 0 Å². The van der Waals surface area contributed by atoms with Gasteiger partial charge in [-0.15, -0.1) is 0 Å². The third-order valence-electron chi connectivity index (χ3n) is 3.52. The Morgan fingerprint density at radius 2 is 2.17 bits per heavy atom. The molecule has 1 fully saturated rings. The second-order valence-corrected chi connectivity index (χ2v) is 4.87. The van der Waals surface area contributed by atoms with Crippen molar-refractivity contribution in [2.24, 2.45) is 17.3 Å². The molecule has 12 heavy (non-hydrogen) atoms. The predicted octanol–water partition coefficient (Wildman–Crippen LogP) is 3.04. The van der Waals surface area contributed by atoms with Crippen LogP contribution in [0.3, 0.4) is 0 Å². The Morgan fingerprint density at radius 3 is 2.67 bits per heavy atom. The highest BCUT2D eigenvalue weighted by Crippen LogP contribution is 2.44. The largest absolute Gasteiger partial charge is 0.303 e. The minimum absolute atomic E-state index is 0.387. The van der Waals surface area contributed by atoms with Crippen molar-refractivity contribution in [3.63, 3.8) is 0 Å². The fourth-order valence-corrected chi connectivity index (χ4v) is 2.69. The number of aldehydes is 1. The first-order valence-electron chi connectivity index (χ1n) is 5.01. The van der Waals surface area contributed by atoms with Crippen molar-refractivity contribution >= 4 is 6.29 Å². The molecule has 2 unspecified atom stereocenters. The zero-order valence-corrected chi connectivity index (χ0v) is 8.47. The maximum Gasteiger partial charge on any atom is 0.120 e. The van der Waals surface area contributed by atoms with Gasteiger partial charge in [-0.3, -0.25) is 0 Å². The Balaban J connectivity index is 2.66. The number of carbonyl (C=O) groups excluding carboxylic acids is 1. The van der Waals surface area contributed by atoms with Crippen molar-refractivity contribution in [3.8, 4) is 0 Å². The normalized spacial score (nSPS) is 34.6. The van der Waals surface area contributed by atoms with E-state index >= 15 is 0 Å². The van der Waals surface area contributed by atoms with E-state index in [2.05, 4.69) is 20.8 Å². The fraction of sp³-hybridized carbons (Fsp3) is 0.909. The lowest BCUT2D eigenvalue weighted by atomic mass is 9.63. The second kappa shape index (κ2) is 3.59. The van der Waals surface area contributed by atoms with Gasteiger partial charge in [0.1, 0.15) is 6.29 Å². The Morgan fingerprint density at radius 1 is 1.50 bits per heavy atom. The highest BCUT2D eigenvalue weighted by molar-refractivity contribution is 5.50. The molecule has 0 aromatic carbocycles. The summed E-state index contributed by atoms with van der Waals surface area (Å²) in [4.78, 5) is 10.5. The van der Waals surface area contributed by atoms with Crippen LogP contribution in [0.25, 0.3) is 0 Å². The average Bonchev–Trinajstić information content (AvgIpc) is 1.97. The zero-order valence-electron chi connectivity index (χ0n) is 8.47. The molecule has 1 rings (SSSR count). The Bertz CT molecular complexity index is 160. The van der Waals surface area contributed by atoms with E-state index in [9.17, 15) is 4.79 Å². The predicted molar refractivity (Wildman–Crippen MR) is 51.0 cm³/mol. The number of carbonyl (C=O) groups is 1. The van der Waals surface area contributed by atoms with Gasteiger partial charge in [0.05, 0.1) is 0 Å². The molecule has 0 N–H and O–H groups in total. The molecule has 0 radical (unpaired) electrons. The molecule has 0 aromatic heterocycles. The van der Waals surface area contributed by atoms with Crippen LogP contribution in [0.2, 0.25) is 0 Å². The summed E-state index contributed by atoms with van der Waals surface area (Å²) < 4.78 is 0. The van der Waals surface area contributed by atoms with E-state index in [1.807, 2.05) is 0 Å². The topological polar surface area (TPSA) is 17.1 Å². The van der Waals surface area contributed by atoms with E-state index in [0.717, 1.165) is 18.6 Å². The summed E-state index contributed by atoms with van der Waals surface area (Å²) in [6.45, 7) is 6.89. The SMILES string of the molecule is CC1CCCC(C)(C)C1CC=O. The van der Waals surface area contributed by atoms with Crippen molar-refractivity contribution in [1.82, 2.24) is 0 Å². The molecule has 0 heterocycles. The van der Waals surface area contributed by atoms with Crippen LogP contribution in [0, 0.1) is 17.3 Å². The van der Waals surface area contributed by atoms with E-state index in [1.165, 1.54) is 19.3 Å². The summed E-state index contributed by atoms with van der Waals surface area (Å²) in [5.41, 5.74) is 0.387. The van der Waals surface area contributed by atoms with Gasteiger partial charge in [0.2, 0.25) is 0 Å². The quantitative estimate of drug-likeness (QED) is 0.579. The zero-order chi connectivity index (χ0) is 9.19. The fourth-order valence-electron chi connectivity index (χ4n) is 2.69. The van der Waals surface area contributed by atoms with Crippen LogP contribution in [-0.4, -0.2) is 6.29 Å². The third kappa shape index (κ3) is 1.88. The Kier molecular flexibility index (Phi) is 2.92. The van der Waals surface area contributed by atoms with E-state index in [1.54, 1.807) is 0 Å². The molecule has 1 nitrogen and oxygen atoms in total. The maximum absolute atomic E-state index is 10.5. The summed E-state index contributed by atoms with van der Waals surface area (Å²) >= 11 is 0. The van der Waals surface area contributed by atoms with Crippen LogP contribution >= 0.6 is 0 Å². The standard InChI is InChI=1S/C11H20O/c1-9-5-4-7-11(2,3)10(9)6-8-12/h8-10H,4-7H2,1-3H3. The van der Waals surface area contributed by atoms with Crippen molar-refractivity contribution in [1.29, 1.82) is 0 Å². The van der Waals surface area contributed by atoms with Crippen molar-refractivity contribution < 1.29 is 4.79 Å². The Hall–Kier alpha value is -0.330. The first-order chi connectivity index (χ1) is 5.58. The lowest BCUT2D eigenvalue weighted by molar-refractivity contribution is -0.110. The molecule has 1 heteroatoms. The first-order valence-corrected chi connectivity index (χ1v) is 5.01. The van der Waals surface area contributed by atoms with Crippen molar-refractivity contribution in [2.75, 3.05) is 0 Å². The van der Waals surface area contributed by atoms with Gasteiger partial charge in [-0.1, -0.05) is 33.6 Å². The van der Waals surface area contributed by atoms with E-state index in [0.29, 0.717) is 11.3 Å². The molecular formula is C11H20O. The van der Waals surface area contributed by atoms with Gasteiger partial charge < -0.3 is 4.79 Å². The smallest absolute Gasteiger partial charge is 0.120 e. The molecule has 70 valence electrons. The average molecular weight is 168 g/mol. The molecule has 1 saturated carbocycles. The highest BCUT2D eigenvalue weighted by atomic mass is 16.1. The summed E-state index contributed by atoms with van der Waals surface area (Å²) in [6, 6.07) is 0. The molecule has 0 amide bonds. The van der Waals surface area contributed by atoms with Crippen LogP contribution in [0.1, 0.15) is 46.5 Å². The van der Waals surface area contributed by atoms with Crippen LogP contribution in [-0.2, 0) is 4.79 Å². The minimum atomic E-state index is 0.387. The van der Waals surface area contributed by atoms with E-state index in [4.69, 9.17) is 0 Å². The summed E-state index contributed by atoms with van der Waals surface area (Å²) in [5.74, 6) is 1.35. The summed E-state index contributed by atoms with van der Waals surface area (Å²) in [7, 11) is 0. The molecule has 0 spiro atoms. The molecular weight excluding hydrogens is 148 g/mol. The van der Waals surface area contributed by atoms with Crippen molar-refractivity contribution in [3.05, 3.63) is 0 Å².